The van der Waals surface area contributed by atoms with Gasteiger partial charge in [0.05, 0.1) is 5.69 Å². The number of aromatic amines is 2. The van der Waals surface area contributed by atoms with E-state index in [9.17, 15) is 0 Å². The minimum Gasteiger partial charge on any atom is -0.381 e. The Balaban J connectivity index is 1.30. The van der Waals surface area contributed by atoms with Crippen molar-refractivity contribution in [1.29, 1.82) is 0 Å². The molecular weight excluding hydrogens is 382 g/mol. The van der Waals surface area contributed by atoms with E-state index in [0.29, 0.717) is 6.04 Å². The number of benzene rings is 1. The number of fused-ring (bicyclic) bond motifs is 1. The van der Waals surface area contributed by atoms with Gasteiger partial charge >= 0.3 is 0 Å². The molecule has 0 amide bonds. The highest BCUT2D eigenvalue weighted by Crippen LogP contribution is 2.34. The molecule has 0 saturated carbocycles. The van der Waals surface area contributed by atoms with Gasteiger partial charge in [0.15, 0.2) is 0 Å². The fraction of sp³-hybridized carbons (Fsp3) is 0.261. The maximum absolute atomic E-state index is 6.00. The molecule has 5 rings (SSSR count). The van der Waals surface area contributed by atoms with E-state index >= 15 is 0 Å². The van der Waals surface area contributed by atoms with Crippen LogP contribution >= 0.6 is 11.6 Å². The fourth-order valence-electron chi connectivity index (χ4n) is 4.16. The quantitative estimate of drug-likeness (QED) is 0.423. The average molecular weight is 406 g/mol. The van der Waals surface area contributed by atoms with Crippen LogP contribution in [-0.2, 0) is 6.54 Å². The molecule has 148 valence electrons. The van der Waals surface area contributed by atoms with Gasteiger partial charge in [0.25, 0.3) is 0 Å². The Morgan fingerprint density at radius 2 is 1.90 bits per heavy atom. The van der Waals surface area contributed by atoms with Crippen LogP contribution in [0.4, 0.5) is 5.69 Å². The minimum atomic E-state index is 0.453. The molecule has 0 atom stereocenters. The van der Waals surface area contributed by atoms with Crippen LogP contribution in [0, 0.1) is 0 Å². The highest BCUT2D eigenvalue weighted by Gasteiger charge is 2.21. The molecule has 5 nitrogen and oxygen atoms in total. The molecule has 1 aliphatic rings. The summed E-state index contributed by atoms with van der Waals surface area (Å²) in [7, 11) is 0. The molecule has 0 radical (unpaired) electrons. The Bertz CT molecular complexity index is 1080. The van der Waals surface area contributed by atoms with Crippen molar-refractivity contribution in [2.24, 2.45) is 0 Å². The molecule has 4 heterocycles. The molecule has 3 aromatic heterocycles. The number of rotatable bonds is 5. The van der Waals surface area contributed by atoms with Crippen LogP contribution in [-0.4, -0.2) is 39.0 Å². The van der Waals surface area contributed by atoms with Crippen LogP contribution in [0.5, 0.6) is 0 Å². The number of nitrogens with zero attached hydrogens (tertiary/aromatic N) is 2. The number of pyridine rings is 1. The molecule has 6 heteroatoms. The van der Waals surface area contributed by atoms with Gasteiger partial charge in [0.2, 0.25) is 0 Å². The summed E-state index contributed by atoms with van der Waals surface area (Å²) in [5.41, 5.74) is 5.71. The lowest BCUT2D eigenvalue weighted by Gasteiger charge is -2.33. The summed E-state index contributed by atoms with van der Waals surface area (Å²) in [5, 5.41) is 5.78. The Morgan fingerprint density at radius 3 is 2.66 bits per heavy atom. The summed E-state index contributed by atoms with van der Waals surface area (Å²) < 4.78 is 0. The summed E-state index contributed by atoms with van der Waals surface area (Å²) in [6.07, 6.45) is 10.1. The number of aromatic nitrogens is 3. The zero-order valence-electron chi connectivity index (χ0n) is 16.2. The van der Waals surface area contributed by atoms with Gasteiger partial charge < -0.3 is 15.3 Å². The lowest BCUT2D eigenvalue weighted by molar-refractivity contribution is 0.211. The number of likely N-dealkylation sites (tertiary alicyclic amines) is 1. The van der Waals surface area contributed by atoms with E-state index in [-0.39, 0.29) is 0 Å². The smallest absolute Gasteiger partial charge is 0.139 e. The number of H-pyrrole nitrogens is 2. The molecule has 0 aliphatic carbocycles. The molecule has 1 aliphatic heterocycles. The molecule has 0 bridgehead atoms. The number of anilines is 1. The van der Waals surface area contributed by atoms with Crippen molar-refractivity contribution in [3.8, 4) is 11.1 Å². The van der Waals surface area contributed by atoms with Gasteiger partial charge in [-0.3, -0.25) is 4.90 Å². The number of hydrogen-bond donors (Lipinski definition) is 3. The normalized spacial score (nSPS) is 15.8. The zero-order chi connectivity index (χ0) is 19.6. The second kappa shape index (κ2) is 7.93. The van der Waals surface area contributed by atoms with E-state index in [2.05, 4.69) is 49.4 Å². The Kier molecular flexibility index (Phi) is 5.00. The van der Waals surface area contributed by atoms with Crippen LogP contribution in [0.3, 0.4) is 0 Å². The van der Waals surface area contributed by atoms with E-state index < -0.39 is 0 Å². The molecular formula is C23H24ClN5. The molecule has 3 N–H and O–H groups in total. The first-order chi connectivity index (χ1) is 14.3. The minimum absolute atomic E-state index is 0.453. The summed E-state index contributed by atoms with van der Waals surface area (Å²) in [6, 6.07) is 12.8. The zero-order valence-corrected chi connectivity index (χ0v) is 16.9. The van der Waals surface area contributed by atoms with Gasteiger partial charge in [-0.05, 0) is 42.7 Å². The average Bonchev–Trinajstić information content (AvgIpc) is 3.43. The summed E-state index contributed by atoms with van der Waals surface area (Å²) in [6.45, 7) is 3.15. The highest BCUT2D eigenvalue weighted by atomic mass is 35.5. The van der Waals surface area contributed by atoms with Gasteiger partial charge in [-0.1, -0.05) is 23.7 Å². The molecule has 1 saturated heterocycles. The van der Waals surface area contributed by atoms with Crippen LogP contribution in [0.25, 0.3) is 22.2 Å². The number of hydrogen-bond acceptors (Lipinski definition) is 3. The first-order valence-electron chi connectivity index (χ1n) is 10.1. The van der Waals surface area contributed by atoms with Gasteiger partial charge in [0.1, 0.15) is 5.65 Å². The summed E-state index contributed by atoms with van der Waals surface area (Å²) in [5.74, 6) is 0. The van der Waals surface area contributed by atoms with Crippen LogP contribution in [0.15, 0.2) is 61.2 Å². The molecule has 0 unspecified atom stereocenters. The standard InChI is InChI=1S/C23H24ClN5/c24-18-3-1-16(2-4-18)15-29-11-7-19(8-12-29)28-22-20-6-10-26-23(20)27-14-21(22)17-5-9-25-13-17/h1-6,9-10,13-14,19,25H,7-8,11-12,15H2,(H2,26,27,28). The Morgan fingerprint density at radius 1 is 1.07 bits per heavy atom. The van der Waals surface area contributed by atoms with E-state index in [1.165, 1.54) is 11.3 Å². The molecule has 29 heavy (non-hydrogen) atoms. The largest absolute Gasteiger partial charge is 0.381 e. The molecule has 1 aromatic carbocycles. The number of nitrogens with one attached hydrogen (secondary N) is 3. The second-order valence-corrected chi connectivity index (χ2v) is 8.14. The van der Waals surface area contributed by atoms with E-state index in [1.807, 2.05) is 36.9 Å². The van der Waals surface area contributed by atoms with Gasteiger partial charge in [-0.2, -0.15) is 0 Å². The third-order valence-electron chi connectivity index (χ3n) is 5.75. The number of halogens is 1. The first-order valence-corrected chi connectivity index (χ1v) is 10.5. The first kappa shape index (κ1) is 18.3. The van der Waals surface area contributed by atoms with Crippen molar-refractivity contribution in [1.82, 2.24) is 19.9 Å². The van der Waals surface area contributed by atoms with Crippen molar-refractivity contribution in [2.45, 2.75) is 25.4 Å². The maximum atomic E-state index is 6.00. The second-order valence-electron chi connectivity index (χ2n) is 7.71. The lowest BCUT2D eigenvalue weighted by Crippen LogP contribution is -2.38. The topological polar surface area (TPSA) is 59.7 Å². The van der Waals surface area contributed by atoms with Gasteiger partial charge in [0, 0.05) is 72.0 Å². The fourth-order valence-corrected chi connectivity index (χ4v) is 4.29. The van der Waals surface area contributed by atoms with Crippen LogP contribution in [0.2, 0.25) is 5.02 Å². The Labute approximate surface area is 175 Å². The third kappa shape index (κ3) is 3.88. The summed E-state index contributed by atoms with van der Waals surface area (Å²) in [4.78, 5) is 13.5. The van der Waals surface area contributed by atoms with Crippen LogP contribution in [0.1, 0.15) is 18.4 Å². The predicted octanol–water partition coefficient (Wildman–Crippen LogP) is 5.29. The van der Waals surface area contributed by atoms with Crippen molar-refractivity contribution < 1.29 is 0 Å². The molecule has 0 spiro atoms. The van der Waals surface area contributed by atoms with Crippen molar-refractivity contribution in [3.05, 3.63) is 71.8 Å². The Hall–Kier alpha value is -2.76. The molecule has 1 fully saturated rings. The van der Waals surface area contributed by atoms with E-state index in [1.54, 1.807) is 0 Å². The van der Waals surface area contributed by atoms with Crippen molar-refractivity contribution in [3.63, 3.8) is 0 Å². The molecule has 4 aromatic rings. The summed E-state index contributed by atoms with van der Waals surface area (Å²) >= 11 is 6.00. The van der Waals surface area contributed by atoms with E-state index in [4.69, 9.17) is 11.6 Å². The predicted molar refractivity (Wildman–Crippen MR) is 119 cm³/mol. The maximum Gasteiger partial charge on any atom is 0.139 e. The van der Waals surface area contributed by atoms with Gasteiger partial charge in [-0.25, -0.2) is 4.98 Å². The lowest BCUT2D eigenvalue weighted by atomic mass is 10.0. The van der Waals surface area contributed by atoms with Crippen molar-refractivity contribution in [2.75, 3.05) is 18.4 Å². The third-order valence-corrected chi connectivity index (χ3v) is 6.00. The number of piperidine rings is 1. The van der Waals surface area contributed by atoms with Gasteiger partial charge in [-0.15, -0.1) is 0 Å². The monoisotopic (exact) mass is 405 g/mol. The van der Waals surface area contributed by atoms with E-state index in [0.717, 1.165) is 59.7 Å². The van der Waals surface area contributed by atoms with Crippen molar-refractivity contribution >= 4 is 28.3 Å². The highest BCUT2D eigenvalue weighted by molar-refractivity contribution is 6.30. The SMILES string of the molecule is Clc1ccc(CN2CCC(Nc3c(-c4cc[nH]c4)cnc4[nH]ccc34)CC2)cc1. The van der Waals surface area contributed by atoms with Crippen LogP contribution < -0.4 is 5.32 Å².